The van der Waals surface area contributed by atoms with Gasteiger partial charge in [-0.3, -0.25) is 29.5 Å². The molecule has 0 aromatic heterocycles. The standard InChI is InChI=1S/C17H17ClN4O5/c1-19-14(23)17(15(24)20(2)16(19)25)8-9-10(21-7-3-4-12(17)21)5-6-11(13(9)18)22(26)27/h5-6,12H,3-4,7-8H2,1-2H3/t12-/m1/s1. The third-order valence-electron chi connectivity index (χ3n) is 5.93. The number of amides is 4. The minimum atomic E-state index is -1.51. The zero-order valence-electron chi connectivity index (χ0n) is 14.8. The van der Waals surface area contributed by atoms with Crippen molar-refractivity contribution in [1.82, 2.24) is 9.80 Å². The molecule has 2 fully saturated rings. The highest BCUT2D eigenvalue weighted by Crippen LogP contribution is 2.52. The molecule has 4 rings (SSSR count). The molecule has 3 heterocycles. The van der Waals surface area contributed by atoms with Crippen molar-refractivity contribution in [3.8, 4) is 0 Å². The fourth-order valence-electron chi connectivity index (χ4n) is 4.67. The molecule has 0 saturated carbocycles. The summed E-state index contributed by atoms with van der Waals surface area (Å²) in [5, 5.41) is 11.2. The second-order valence-corrected chi connectivity index (χ2v) is 7.54. The average Bonchev–Trinajstić information content (AvgIpc) is 3.14. The minimum Gasteiger partial charge on any atom is -0.367 e. The number of fused-ring (bicyclic) bond motifs is 4. The molecule has 0 N–H and O–H groups in total. The lowest BCUT2D eigenvalue weighted by atomic mass is 9.68. The van der Waals surface area contributed by atoms with E-state index in [0.717, 1.165) is 16.2 Å². The molecule has 3 aliphatic rings. The van der Waals surface area contributed by atoms with E-state index in [-0.39, 0.29) is 17.1 Å². The summed E-state index contributed by atoms with van der Waals surface area (Å²) >= 11 is 6.33. The van der Waals surface area contributed by atoms with Crippen molar-refractivity contribution in [3.05, 3.63) is 32.8 Å². The molecule has 142 valence electrons. The van der Waals surface area contributed by atoms with Crippen molar-refractivity contribution in [1.29, 1.82) is 0 Å². The Balaban J connectivity index is 1.96. The first-order valence-corrected chi connectivity index (χ1v) is 8.92. The van der Waals surface area contributed by atoms with E-state index in [9.17, 15) is 24.5 Å². The van der Waals surface area contributed by atoms with E-state index in [1.165, 1.54) is 20.2 Å². The van der Waals surface area contributed by atoms with E-state index < -0.39 is 34.2 Å². The van der Waals surface area contributed by atoms with Crippen LogP contribution >= 0.6 is 11.6 Å². The van der Waals surface area contributed by atoms with Crippen LogP contribution in [-0.2, 0) is 16.0 Å². The van der Waals surface area contributed by atoms with Gasteiger partial charge in [0, 0.05) is 44.4 Å². The number of anilines is 1. The quantitative estimate of drug-likeness (QED) is 0.410. The minimum absolute atomic E-state index is 0.0648. The second-order valence-electron chi connectivity index (χ2n) is 7.16. The maximum atomic E-state index is 13.2. The van der Waals surface area contributed by atoms with E-state index >= 15 is 0 Å². The second kappa shape index (κ2) is 5.66. The number of barbiturate groups is 1. The zero-order chi connectivity index (χ0) is 19.7. The predicted molar refractivity (Wildman–Crippen MR) is 95.5 cm³/mol. The van der Waals surface area contributed by atoms with Crippen LogP contribution in [0.2, 0.25) is 5.02 Å². The van der Waals surface area contributed by atoms with Gasteiger partial charge in [0.1, 0.15) is 5.02 Å². The molecule has 0 unspecified atom stereocenters. The van der Waals surface area contributed by atoms with Crippen molar-refractivity contribution >= 4 is 40.8 Å². The number of hydrogen-bond acceptors (Lipinski definition) is 6. The number of urea groups is 1. The van der Waals surface area contributed by atoms with Gasteiger partial charge in [-0.15, -0.1) is 0 Å². The van der Waals surface area contributed by atoms with Crippen molar-refractivity contribution in [2.45, 2.75) is 25.3 Å². The number of nitrogens with zero attached hydrogens (tertiary/aromatic N) is 4. The molecule has 0 radical (unpaired) electrons. The third-order valence-corrected chi connectivity index (χ3v) is 6.35. The number of nitro benzene ring substituents is 1. The van der Waals surface area contributed by atoms with Crippen LogP contribution in [-0.4, -0.2) is 59.3 Å². The van der Waals surface area contributed by atoms with Gasteiger partial charge in [-0.2, -0.15) is 0 Å². The van der Waals surface area contributed by atoms with Gasteiger partial charge in [0.25, 0.3) is 5.69 Å². The molecule has 1 spiro atoms. The Morgan fingerprint density at radius 2 is 1.81 bits per heavy atom. The van der Waals surface area contributed by atoms with Crippen molar-refractivity contribution in [3.63, 3.8) is 0 Å². The van der Waals surface area contributed by atoms with Crippen LogP contribution in [0.25, 0.3) is 0 Å². The fourth-order valence-corrected chi connectivity index (χ4v) is 4.96. The average molecular weight is 393 g/mol. The van der Waals surface area contributed by atoms with Gasteiger partial charge in [-0.1, -0.05) is 11.6 Å². The van der Waals surface area contributed by atoms with Gasteiger partial charge >= 0.3 is 6.03 Å². The topological polar surface area (TPSA) is 104 Å². The Morgan fingerprint density at radius 3 is 2.41 bits per heavy atom. The monoisotopic (exact) mass is 392 g/mol. The highest BCUT2D eigenvalue weighted by atomic mass is 35.5. The van der Waals surface area contributed by atoms with E-state index in [2.05, 4.69) is 0 Å². The highest BCUT2D eigenvalue weighted by molar-refractivity contribution is 6.34. The number of carbonyl (C=O) groups is 3. The Kier molecular flexibility index (Phi) is 3.71. The van der Waals surface area contributed by atoms with Crippen LogP contribution in [0.1, 0.15) is 18.4 Å². The summed E-state index contributed by atoms with van der Waals surface area (Å²) in [6, 6.07) is 1.87. The van der Waals surface area contributed by atoms with Gasteiger partial charge in [0.15, 0.2) is 5.41 Å². The molecule has 1 atom stereocenters. The lowest BCUT2D eigenvalue weighted by molar-refractivity contribution is -0.384. The normalized spacial score (nSPS) is 23.7. The molecule has 9 nitrogen and oxygen atoms in total. The van der Waals surface area contributed by atoms with Crippen molar-refractivity contribution in [2.24, 2.45) is 5.41 Å². The lowest BCUT2D eigenvalue weighted by Crippen LogP contribution is -2.70. The summed E-state index contributed by atoms with van der Waals surface area (Å²) in [6.45, 7) is 0.607. The smallest absolute Gasteiger partial charge is 0.332 e. The number of halogens is 1. The van der Waals surface area contributed by atoms with Crippen LogP contribution < -0.4 is 4.90 Å². The Labute approximate surface area is 159 Å². The number of imide groups is 2. The zero-order valence-corrected chi connectivity index (χ0v) is 15.5. The maximum Gasteiger partial charge on any atom is 0.332 e. The van der Waals surface area contributed by atoms with Crippen molar-refractivity contribution < 1.29 is 19.3 Å². The highest BCUT2D eigenvalue weighted by Gasteiger charge is 2.64. The molecule has 27 heavy (non-hydrogen) atoms. The molecule has 4 amide bonds. The van der Waals surface area contributed by atoms with Gasteiger partial charge in [-0.25, -0.2) is 4.79 Å². The van der Waals surface area contributed by atoms with Crippen LogP contribution in [0.15, 0.2) is 12.1 Å². The molecule has 0 bridgehead atoms. The summed E-state index contributed by atoms with van der Waals surface area (Å²) in [4.78, 5) is 53.2. The van der Waals surface area contributed by atoms with Crippen LogP contribution in [0.3, 0.4) is 0 Å². The SMILES string of the molecule is CN1C(=O)N(C)C(=O)C2(Cc3c(ccc([N+](=O)[O-])c3Cl)N3CCC[C@@H]32)C1=O. The molecule has 10 heteroatoms. The molecule has 3 aliphatic heterocycles. The van der Waals surface area contributed by atoms with Crippen molar-refractivity contribution in [2.75, 3.05) is 25.5 Å². The Morgan fingerprint density at radius 1 is 1.19 bits per heavy atom. The summed E-state index contributed by atoms with van der Waals surface area (Å²) in [7, 11) is 2.69. The first-order chi connectivity index (χ1) is 12.7. The van der Waals surface area contributed by atoms with Crippen LogP contribution in [0.5, 0.6) is 0 Å². The van der Waals surface area contributed by atoms with E-state index in [0.29, 0.717) is 24.2 Å². The largest absolute Gasteiger partial charge is 0.367 e. The first-order valence-electron chi connectivity index (χ1n) is 8.54. The molecule has 0 aliphatic carbocycles. The number of rotatable bonds is 1. The molecular formula is C17H17ClN4O5. The lowest BCUT2D eigenvalue weighted by Gasteiger charge is -2.50. The first kappa shape index (κ1) is 17.7. The van der Waals surface area contributed by atoms with E-state index in [1.54, 1.807) is 6.07 Å². The fraction of sp³-hybridized carbons (Fsp3) is 0.471. The number of hydrogen-bond donors (Lipinski definition) is 0. The van der Waals surface area contributed by atoms with Crippen LogP contribution in [0, 0.1) is 15.5 Å². The maximum absolute atomic E-state index is 13.2. The summed E-state index contributed by atoms with van der Waals surface area (Å²) < 4.78 is 0. The summed E-state index contributed by atoms with van der Waals surface area (Å²) in [6.07, 6.45) is 1.31. The Hall–Kier alpha value is -2.68. The van der Waals surface area contributed by atoms with Gasteiger partial charge in [0.05, 0.1) is 11.0 Å². The van der Waals surface area contributed by atoms with Crippen LogP contribution in [0.4, 0.5) is 16.2 Å². The van der Waals surface area contributed by atoms with E-state index in [1.807, 2.05) is 4.90 Å². The number of benzene rings is 1. The van der Waals surface area contributed by atoms with Gasteiger partial charge in [0.2, 0.25) is 11.8 Å². The Bertz CT molecular complexity index is 893. The summed E-state index contributed by atoms with van der Waals surface area (Å²) in [5.74, 6) is -1.17. The summed E-state index contributed by atoms with van der Waals surface area (Å²) in [5.41, 5.74) is -0.667. The predicted octanol–water partition coefficient (Wildman–Crippen LogP) is 1.81. The molecule has 1 aromatic carbocycles. The number of carbonyl (C=O) groups excluding carboxylic acids is 3. The number of nitro groups is 1. The molecule has 2 saturated heterocycles. The van der Waals surface area contributed by atoms with Gasteiger partial charge in [-0.05, 0) is 18.9 Å². The third kappa shape index (κ3) is 2.08. The van der Waals surface area contributed by atoms with Gasteiger partial charge < -0.3 is 4.90 Å². The molecule has 1 aromatic rings. The molecular weight excluding hydrogens is 376 g/mol. The van der Waals surface area contributed by atoms with E-state index in [4.69, 9.17) is 11.6 Å².